The van der Waals surface area contributed by atoms with Crippen LogP contribution in [0.2, 0.25) is 0 Å². The first kappa shape index (κ1) is 11.4. The molecule has 0 spiro atoms. The predicted molar refractivity (Wildman–Crippen MR) is 52.1 cm³/mol. The Morgan fingerprint density at radius 1 is 1.07 bits per heavy atom. The van der Waals surface area contributed by atoms with E-state index in [0.29, 0.717) is 12.8 Å². The van der Waals surface area contributed by atoms with Crippen LogP contribution in [0.1, 0.15) is 39.0 Å². The zero-order valence-corrected chi connectivity index (χ0v) is 8.89. The normalized spacial score (nSPS) is 20.1. The Labute approximate surface area is 87.8 Å². The highest BCUT2D eigenvalue weighted by atomic mass is 35.5. The summed E-state index contributed by atoms with van der Waals surface area (Å²) in [5, 5.41) is -1.17. The largest absolute Gasteiger partial charge is 0.296 e. The van der Waals surface area contributed by atoms with Crippen molar-refractivity contribution in [3.05, 3.63) is 0 Å². The Kier molecular flexibility index (Phi) is 3.43. The smallest absolute Gasteiger partial charge is 0.290 e. The topological polar surface area (TPSA) is 51.2 Å². The van der Waals surface area contributed by atoms with Gasteiger partial charge in [-0.1, -0.05) is 26.2 Å². The molecule has 0 aromatic carbocycles. The number of halogens is 1. The zero-order chi connectivity index (χ0) is 10.8. The lowest BCUT2D eigenvalue weighted by Gasteiger charge is -2.30. The molecule has 1 rings (SSSR count). The summed E-state index contributed by atoms with van der Waals surface area (Å²) in [5.74, 6) is -1.67. The van der Waals surface area contributed by atoms with Gasteiger partial charge >= 0.3 is 0 Å². The van der Waals surface area contributed by atoms with Crippen LogP contribution in [0.3, 0.4) is 0 Å². The van der Waals surface area contributed by atoms with Crippen LogP contribution in [0, 0.1) is 5.41 Å². The summed E-state index contributed by atoms with van der Waals surface area (Å²) in [6.45, 7) is 1.74. The van der Waals surface area contributed by atoms with Crippen LogP contribution in [0.5, 0.6) is 0 Å². The highest BCUT2D eigenvalue weighted by Gasteiger charge is 2.40. The summed E-state index contributed by atoms with van der Waals surface area (Å²) in [6.07, 6.45) is 4.33. The molecule has 0 unspecified atom stereocenters. The number of ketones is 2. The third-order valence-electron chi connectivity index (χ3n) is 2.89. The highest BCUT2D eigenvalue weighted by Crippen LogP contribution is 2.36. The number of carbonyl (C=O) groups is 3. The van der Waals surface area contributed by atoms with E-state index < -0.39 is 22.2 Å². The van der Waals surface area contributed by atoms with Crippen LogP contribution < -0.4 is 0 Å². The molecule has 0 N–H and O–H groups in total. The van der Waals surface area contributed by atoms with Crippen LogP contribution in [-0.4, -0.2) is 16.8 Å². The minimum Gasteiger partial charge on any atom is -0.290 e. The highest BCUT2D eigenvalue weighted by molar-refractivity contribution is 6.90. The van der Waals surface area contributed by atoms with Crippen molar-refractivity contribution < 1.29 is 14.4 Å². The van der Waals surface area contributed by atoms with Crippen LogP contribution in [0.15, 0.2) is 0 Å². The average molecular weight is 217 g/mol. The van der Waals surface area contributed by atoms with Gasteiger partial charge in [-0.3, -0.25) is 14.4 Å². The summed E-state index contributed by atoms with van der Waals surface area (Å²) >= 11 is 5.00. The maximum atomic E-state index is 11.6. The van der Waals surface area contributed by atoms with E-state index in [2.05, 4.69) is 0 Å². The molecular weight excluding hydrogens is 204 g/mol. The molecule has 14 heavy (non-hydrogen) atoms. The van der Waals surface area contributed by atoms with E-state index >= 15 is 0 Å². The second-order valence-electron chi connectivity index (χ2n) is 4.05. The lowest BCUT2D eigenvalue weighted by molar-refractivity contribution is -0.146. The van der Waals surface area contributed by atoms with E-state index in [0.717, 1.165) is 19.3 Å². The lowest BCUT2D eigenvalue weighted by Crippen LogP contribution is -2.37. The van der Waals surface area contributed by atoms with Gasteiger partial charge in [0.05, 0.1) is 0 Å². The predicted octanol–water partition coefficient (Wildman–Crippen LogP) is 1.86. The monoisotopic (exact) mass is 216 g/mol. The van der Waals surface area contributed by atoms with Gasteiger partial charge in [-0.2, -0.15) is 0 Å². The molecule has 3 nitrogen and oxygen atoms in total. The van der Waals surface area contributed by atoms with Crippen molar-refractivity contribution in [2.24, 2.45) is 5.41 Å². The van der Waals surface area contributed by atoms with Gasteiger partial charge in [0, 0.05) is 5.41 Å². The Morgan fingerprint density at radius 3 is 2.00 bits per heavy atom. The Hall–Kier alpha value is -0.700. The summed E-state index contributed by atoms with van der Waals surface area (Å²) in [5.41, 5.74) is -0.653. The molecular formula is C10H13ClO3. The molecule has 0 aromatic rings. The zero-order valence-electron chi connectivity index (χ0n) is 8.14. The quantitative estimate of drug-likeness (QED) is 0.411. The second-order valence-corrected chi connectivity index (χ2v) is 4.40. The van der Waals surface area contributed by atoms with Crippen LogP contribution in [0.25, 0.3) is 0 Å². The van der Waals surface area contributed by atoms with Crippen LogP contribution >= 0.6 is 11.6 Å². The molecule has 0 aromatic heterocycles. The molecule has 4 heteroatoms. The fraction of sp³-hybridized carbons (Fsp3) is 0.700. The molecule has 0 aliphatic heterocycles. The van der Waals surface area contributed by atoms with Gasteiger partial charge in [-0.05, 0) is 24.4 Å². The van der Waals surface area contributed by atoms with E-state index in [1.54, 1.807) is 6.92 Å². The minimum absolute atomic E-state index is 0.614. The molecule has 0 heterocycles. The molecule has 1 fully saturated rings. The number of carbonyl (C=O) groups excluding carboxylic acids is 3. The van der Waals surface area contributed by atoms with Crippen molar-refractivity contribution in [3.8, 4) is 0 Å². The maximum absolute atomic E-state index is 11.6. The number of hydrogen-bond acceptors (Lipinski definition) is 3. The van der Waals surface area contributed by atoms with Crippen molar-refractivity contribution in [3.63, 3.8) is 0 Å². The van der Waals surface area contributed by atoms with Crippen molar-refractivity contribution >= 4 is 28.4 Å². The molecule has 0 saturated heterocycles. The summed E-state index contributed by atoms with van der Waals surface area (Å²) in [6, 6.07) is 0. The van der Waals surface area contributed by atoms with E-state index in [4.69, 9.17) is 11.6 Å². The summed E-state index contributed by atoms with van der Waals surface area (Å²) < 4.78 is 0. The van der Waals surface area contributed by atoms with E-state index in [1.165, 1.54) is 0 Å². The van der Waals surface area contributed by atoms with E-state index in [-0.39, 0.29) is 0 Å². The van der Waals surface area contributed by atoms with Gasteiger partial charge in [0.25, 0.3) is 11.0 Å². The van der Waals surface area contributed by atoms with E-state index in [1.807, 2.05) is 0 Å². The molecule has 0 atom stereocenters. The first-order valence-electron chi connectivity index (χ1n) is 4.76. The molecule has 0 amide bonds. The standard InChI is InChI=1S/C10H13ClO3/c1-10(5-3-2-4-6-10)8(13)7(12)9(11)14/h2-6H2,1H3. The Balaban J connectivity index is 2.76. The minimum atomic E-state index is -1.17. The fourth-order valence-corrected chi connectivity index (χ4v) is 2.01. The number of Topliss-reactive ketones (excluding diaryl/α,β-unsaturated/α-hetero) is 2. The van der Waals surface area contributed by atoms with Crippen molar-refractivity contribution in [1.82, 2.24) is 0 Å². The van der Waals surface area contributed by atoms with Crippen LogP contribution in [0.4, 0.5) is 0 Å². The molecule has 0 bridgehead atoms. The van der Waals surface area contributed by atoms with Gasteiger partial charge in [0.1, 0.15) is 0 Å². The molecule has 0 radical (unpaired) electrons. The Bertz CT molecular complexity index is 277. The lowest BCUT2D eigenvalue weighted by atomic mass is 9.72. The van der Waals surface area contributed by atoms with Gasteiger partial charge in [-0.25, -0.2) is 0 Å². The second kappa shape index (κ2) is 4.22. The average Bonchev–Trinajstić information content (AvgIpc) is 2.16. The first-order valence-corrected chi connectivity index (χ1v) is 5.14. The van der Waals surface area contributed by atoms with Crippen molar-refractivity contribution in [1.29, 1.82) is 0 Å². The Morgan fingerprint density at radius 2 is 1.57 bits per heavy atom. The van der Waals surface area contributed by atoms with Gasteiger partial charge in [0.2, 0.25) is 5.78 Å². The summed E-state index contributed by atoms with van der Waals surface area (Å²) in [7, 11) is 0. The van der Waals surface area contributed by atoms with Crippen molar-refractivity contribution in [2.75, 3.05) is 0 Å². The van der Waals surface area contributed by atoms with Gasteiger partial charge in [0.15, 0.2) is 0 Å². The van der Waals surface area contributed by atoms with Gasteiger partial charge < -0.3 is 0 Å². The SMILES string of the molecule is CC1(C(=O)C(=O)C(=O)Cl)CCCCC1. The van der Waals surface area contributed by atoms with Gasteiger partial charge in [-0.15, -0.1) is 0 Å². The molecule has 1 aliphatic rings. The van der Waals surface area contributed by atoms with Crippen molar-refractivity contribution in [2.45, 2.75) is 39.0 Å². The number of rotatable bonds is 3. The molecule has 1 aliphatic carbocycles. The van der Waals surface area contributed by atoms with E-state index in [9.17, 15) is 14.4 Å². The first-order chi connectivity index (χ1) is 6.47. The fourth-order valence-electron chi connectivity index (χ4n) is 1.92. The maximum Gasteiger partial charge on any atom is 0.296 e. The third kappa shape index (κ3) is 2.21. The number of hydrogen-bond donors (Lipinski definition) is 0. The summed E-state index contributed by atoms with van der Waals surface area (Å²) in [4.78, 5) is 33.3. The third-order valence-corrected chi connectivity index (χ3v) is 3.06. The van der Waals surface area contributed by atoms with Crippen LogP contribution in [-0.2, 0) is 14.4 Å². The molecule has 78 valence electrons. The molecule has 1 saturated carbocycles.